The number of fused-ring (bicyclic) bond motifs is 1. The van der Waals surface area contributed by atoms with E-state index in [1.165, 1.54) is 21.0 Å². The van der Waals surface area contributed by atoms with E-state index in [2.05, 4.69) is 44.1 Å². The minimum atomic E-state index is -0.174. The third-order valence-corrected chi connectivity index (χ3v) is 7.09. The lowest BCUT2D eigenvalue weighted by Crippen LogP contribution is -2.30. The quantitative estimate of drug-likeness (QED) is 0.636. The van der Waals surface area contributed by atoms with Crippen molar-refractivity contribution in [2.45, 2.75) is 33.2 Å². The number of thiazole rings is 1. The van der Waals surface area contributed by atoms with Gasteiger partial charge in [-0.1, -0.05) is 0 Å². The molecule has 0 aliphatic carbocycles. The second kappa shape index (κ2) is 8.32. The maximum Gasteiger partial charge on any atom is 0.319 e. The number of hydrogen-bond acceptors (Lipinski definition) is 5. The normalized spacial score (nSPS) is 13.3. The highest BCUT2D eigenvalue weighted by Crippen LogP contribution is 2.28. The molecule has 0 spiro atoms. The zero-order chi connectivity index (χ0) is 19.5. The van der Waals surface area contributed by atoms with Crippen LogP contribution in [0.2, 0.25) is 0 Å². The molecular formula is C21H24N4OS2. The van der Waals surface area contributed by atoms with Gasteiger partial charge in [-0.2, -0.15) is 0 Å². The number of aromatic nitrogens is 1. The van der Waals surface area contributed by atoms with Gasteiger partial charge in [0, 0.05) is 47.2 Å². The molecule has 0 saturated heterocycles. The van der Waals surface area contributed by atoms with Gasteiger partial charge in [0.05, 0.1) is 10.7 Å². The maximum absolute atomic E-state index is 12.1. The molecule has 0 fully saturated rings. The van der Waals surface area contributed by atoms with Crippen molar-refractivity contribution in [3.05, 3.63) is 61.7 Å². The summed E-state index contributed by atoms with van der Waals surface area (Å²) in [5.74, 6) is 0. The number of nitrogens with one attached hydrogen (secondary N) is 2. The molecule has 3 aromatic rings. The van der Waals surface area contributed by atoms with Crippen molar-refractivity contribution in [1.29, 1.82) is 0 Å². The summed E-state index contributed by atoms with van der Waals surface area (Å²) in [4.78, 5) is 21.7. The topological polar surface area (TPSA) is 57.3 Å². The lowest BCUT2D eigenvalue weighted by Gasteiger charge is -2.29. The fourth-order valence-corrected chi connectivity index (χ4v) is 5.32. The molecule has 0 radical (unpaired) electrons. The summed E-state index contributed by atoms with van der Waals surface area (Å²) in [6.45, 7) is 6.62. The lowest BCUT2D eigenvalue weighted by atomic mass is 10.1. The molecule has 2 N–H and O–H groups in total. The van der Waals surface area contributed by atoms with Crippen molar-refractivity contribution in [2.24, 2.45) is 0 Å². The van der Waals surface area contributed by atoms with E-state index in [0.29, 0.717) is 6.54 Å². The SMILES string of the molecule is Cc1nc(C)c(CCNC(=O)Nc2ccc(N3CCc4sccc4C3)cc2)s1. The largest absolute Gasteiger partial charge is 0.367 e. The molecule has 7 heteroatoms. The molecule has 1 aromatic carbocycles. The molecule has 0 saturated carbocycles. The number of thiophene rings is 1. The minimum Gasteiger partial charge on any atom is -0.367 e. The Morgan fingerprint density at radius 3 is 2.79 bits per heavy atom. The summed E-state index contributed by atoms with van der Waals surface area (Å²) in [6.07, 6.45) is 1.91. The summed E-state index contributed by atoms with van der Waals surface area (Å²) in [5, 5.41) is 9.08. The third kappa shape index (κ3) is 4.36. The van der Waals surface area contributed by atoms with E-state index in [1.54, 1.807) is 11.3 Å². The van der Waals surface area contributed by atoms with Gasteiger partial charge < -0.3 is 15.5 Å². The van der Waals surface area contributed by atoms with Crippen LogP contribution in [0.15, 0.2) is 35.7 Å². The van der Waals surface area contributed by atoms with Crippen LogP contribution in [0.5, 0.6) is 0 Å². The highest BCUT2D eigenvalue weighted by atomic mass is 32.1. The number of carbonyl (C=O) groups is 1. The molecule has 0 unspecified atom stereocenters. The molecule has 1 aliphatic rings. The zero-order valence-electron chi connectivity index (χ0n) is 16.1. The minimum absolute atomic E-state index is 0.174. The Kier molecular flexibility index (Phi) is 5.64. The molecule has 0 atom stereocenters. The average molecular weight is 413 g/mol. The van der Waals surface area contributed by atoms with Crippen molar-refractivity contribution in [1.82, 2.24) is 10.3 Å². The number of carbonyl (C=O) groups excluding carboxylic acids is 1. The lowest BCUT2D eigenvalue weighted by molar-refractivity contribution is 0.252. The first-order chi connectivity index (χ1) is 13.6. The second-order valence-corrected chi connectivity index (χ2v) is 9.25. The number of amides is 2. The van der Waals surface area contributed by atoms with Gasteiger partial charge in [-0.3, -0.25) is 0 Å². The van der Waals surface area contributed by atoms with Crippen LogP contribution in [-0.4, -0.2) is 24.1 Å². The van der Waals surface area contributed by atoms with Crippen molar-refractivity contribution in [2.75, 3.05) is 23.3 Å². The summed E-state index contributed by atoms with van der Waals surface area (Å²) in [7, 11) is 0. The molecule has 146 valence electrons. The van der Waals surface area contributed by atoms with Gasteiger partial charge in [0.1, 0.15) is 0 Å². The van der Waals surface area contributed by atoms with E-state index in [1.807, 2.05) is 37.3 Å². The Morgan fingerprint density at radius 1 is 1.21 bits per heavy atom. The third-order valence-electron chi connectivity index (χ3n) is 4.94. The van der Waals surface area contributed by atoms with Gasteiger partial charge in [-0.25, -0.2) is 9.78 Å². The van der Waals surface area contributed by atoms with Gasteiger partial charge in [0.25, 0.3) is 0 Å². The van der Waals surface area contributed by atoms with E-state index in [9.17, 15) is 4.79 Å². The standard InChI is InChI=1S/C21H24N4OS2/c1-14-19(28-15(2)23-14)7-10-22-21(26)24-17-3-5-18(6-4-17)25-11-8-20-16(13-25)9-12-27-20/h3-6,9,12H,7-8,10-11,13H2,1-2H3,(H2,22,24,26). The summed E-state index contributed by atoms with van der Waals surface area (Å²) in [6, 6.07) is 10.1. The van der Waals surface area contributed by atoms with E-state index in [-0.39, 0.29) is 6.03 Å². The van der Waals surface area contributed by atoms with Crippen LogP contribution in [0.3, 0.4) is 0 Å². The van der Waals surface area contributed by atoms with E-state index >= 15 is 0 Å². The van der Waals surface area contributed by atoms with Crippen molar-refractivity contribution >= 4 is 40.1 Å². The maximum atomic E-state index is 12.1. The van der Waals surface area contributed by atoms with E-state index in [0.717, 1.165) is 42.3 Å². The van der Waals surface area contributed by atoms with Crippen LogP contribution in [0.1, 0.15) is 26.0 Å². The van der Waals surface area contributed by atoms with Gasteiger partial charge in [0.2, 0.25) is 0 Å². The Balaban J connectivity index is 1.27. The molecule has 3 heterocycles. The molecule has 2 amide bonds. The van der Waals surface area contributed by atoms with E-state index < -0.39 is 0 Å². The van der Waals surface area contributed by atoms with Crippen molar-refractivity contribution < 1.29 is 4.79 Å². The molecule has 0 bridgehead atoms. The molecule has 4 rings (SSSR count). The first kappa shape index (κ1) is 19.0. The summed E-state index contributed by atoms with van der Waals surface area (Å²) >= 11 is 3.55. The van der Waals surface area contributed by atoms with Gasteiger partial charge in [-0.15, -0.1) is 22.7 Å². The van der Waals surface area contributed by atoms with Crippen molar-refractivity contribution in [3.63, 3.8) is 0 Å². The molecule has 1 aliphatic heterocycles. The van der Waals surface area contributed by atoms with Gasteiger partial charge in [-0.05, 0) is 61.5 Å². The molecule has 2 aromatic heterocycles. The van der Waals surface area contributed by atoms with Crippen LogP contribution in [0, 0.1) is 13.8 Å². The number of benzene rings is 1. The predicted molar refractivity (Wildman–Crippen MR) is 118 cm³/mol. The highest BCUT2D eigenvalue weighted by molar-refractivity contribution is 7.11. The monoisotopic (exact) mass is 412 g/mol. The van der Waals surface area contributed by atoms with Crippen LogP contribution in [0.4, 0.5) is 16.2 Å². The van der Waals surface area contributed by atoms with E-state index in [4.69, 9.17) is 0 Å². The van der Waals surface area contributed by atoms with Crippen LogP contribution < -0.4 is 15.5 Å². The Bertz CT molecular complexity index is 961. The molecule has 28 heavy (non-hydrogen) atoms. The number of urea groups is 1. The predicted octanol–water partition coefficient (Wildman–Crippen LogP) is 4.75. The fourth-order valence-electron chi connectivity index (χ4n) is 3.49. The van der Waals surface area contributed by atoms with Crippen molar-refractivity contribution in [3.8, 4) is 0 Å². The number of anilines is 2. The van der Waals surface area contributed by atoms with Crippen LogP contribution >= 0.6 is 22.7 Å². The number of aryl methyl sites for hydroxylation is 2. The smallest absolute Gasteiger partial charge is 0.319 e. The number of nitrogens with zero attached hydrogens (tertiary/aromatic N) is 2. The Labute approximate surface area is 173 Å². The molecular weight excluding hydrogens is 388 g/mol. The molecule has 5 nitrogen and oxygen atoms in total. The Hall–Kier alpha value is -2.38. The second-order valence-electron chi connectivity index (χ2n) is 6.96. The number of hydrogen-bond donors (Lipinski definition) is 2. The first-order valence-electron chi connectivity index (χ1n) is 9.46. The van der Waals surface area contributed by atoms with Crippen LogP contribution in [0.25, 0.3) is 0 Å². The summed E-state index contributed by atoms with van der Waals surface area (Å²) in [5.41, 5.74) is 4.50. The summed E-state index contributed by atoms with van der Waals surface area (Å²) < 4.78 is 0. The highest BCUT2D eigenvalue weighted by Gasteiger charge is 2.17. The Morgan fingerprint density at radius 2 is 2.04 bits per heavy atom. The number of rotatable bonds is 5. The zero-order valence-corrected chi connectivity index (χ0v) is 17.8. The first-order valence-corrected chi connectivity index (χ1v) is 11.2. The fraction of sp³-hybridized carbons (Fsp3) is 0.333. The van der Waals surface area contributed by atoms with Gasteiger partial charge in [0.15, 0.2) is 0 Å². The van der Waals surface area contributed by atoms with Crippen LogP contribution in [-0.2, 0) is 19.4 Å². The average Bonchev–Trinajstić information content (AvgIpc) is 3.27. The van der Waals surface area contributed by atoms with Gasteiger partial charge >= 0.3 is 6.03 Å².